The van der Waals surface area contributed by atoms with Gasteiger partial charge in [0.1, 0.15) is 5.75 Å². The molecule has 0 fully saturated rings. The number of phenolic OH excluding ortho intramolecular Hbond substituents is 1. The van der Waals surface area contributed by atoms with Crippen LogP contribution in [0.3, 0.4) is 0 Å². The van der Waals surface area contributed by atoms with E-state index in [1.165, 1.54) is 6.07 Å². The number of carbonyl (C=O) groups is 1. The summed E-state index contributed by atoms with van der Waals surface area (Å²) >= 11 is 11.7. The molecule has 108 valence electrons. The lowest BCUT2D eigenvalue weighted by Crippen LogP contribution is -2.19. The first-order valence-corrected chi connectivity index (χ1v) is 6.82. The molecule has 0 aliphatic rings. The molecule has 0 saturated carbocycles. The van der Waals surface area contributed by atoms with E-state index in [0.717, 1.165) is 0 Å². The average Bonchev–Trinajstić information content (AvgIpc) is 2.45. The molecule has 21 heavy (non-hydrogen) atoms. The average molecular weight is 323 g/mol. The second kappa shape index (κ2) is 6.61. The molecule has 6 heteroatoms. The molecule has 2 aromatic carbocycles. The Morgan fingerprint density at radius 3 is 2.52 bits per heavy atom. The maximum Gasteiger partial charge on any atom is 0.272 e. The van der Waals surface area contributed by atoms with Crippen LogP contribution in [0.5, 0.6) is 5.75 Å². The van der Waals surface area contributed by atoms with Gasteiger partial charge in [-0.3, -0.25) is 4.79 Å². The molecule has 4 nitrogen and oxygen atoms in total. The molecule has 2 aromatic rings. The molecule has 0 heterocycles. The Labute approximate surface area is 132 Å². The van der Waals surface area contributed by atoms with Crippen molar-refractivity contribution in [1.82, 2.24) is 5.43 Å². The molecule has 0 saturated heterocycles. The molecule has 0 aliphatic carbocycles. The molecule has 1 amide bonds. The monoisotopic (exact) mass is 322 g/mol. The predicted octanol–water partition coefficient (Wildman–Crippen LogP) is 3.85. The quantitative estimate of drug-likeness (QED) is 0.666. The van der Waals surface area contributed by atoms with Crippen molar-refractivity contribution in [2.45, 2.75) is 6.92 Å². The standard InChI is InChI=1S/C15H12Cl2N2O2/c1-9(11-7-6-10(16)8-14(11)20)18-19-15(21)12-4-2-3-5-13(12)17/h2-8,20H,1H3,(H,19,21)/b18-9+. The van der Waals surface area contributed by atoms with Crippen LogP contribution in [0.2, 0.25) is 10.0 Å². The van der Waals surface area contributed by atoms with Gasteiger partial charge in [-0.25, -0.2) is 5.43 Å². The van der Waals surface area contributed by atoms with Crippen LogP contribution in [-0.4, -0.2) is 16.7 Å². The molecule has 0 radical (unpaired) electrons. The minimum absolute atomic E-state index is 0.00394. The Morgan fingerprint density at radius 1 is 1.14 bits per heavy atom. The topological polar surface area (TPSA) is 61.7 Å². The molecule has 0 aromatic heterocycles. The lowest BCUT2D eigenvalue weighted by atomic mass is 10.1. The molecule has 0 bridgehead atoms. The summed E-state index contributed by atoms with van der Waals surface area (Å²) in [5.41, 5.74) is 3.66. The molecule has 2 N–H and O–H groups in total. The van der Waals surface area contributed by atoms with E-state index in [4.69, 9.17) is 23.2 Å². The number of aromatic hydroxyl groups is 1. The largest absolute Gasteiger partial charge is 0.507 e. The van der Waals surface area contributed by atoms with Crippen LogP contribution in [0.15, 0.2) is 47.6 Å². The number of nitrogens with one attached hydrogen (secondary N) is 1. The third-order valence-corrected chi connectivity index (χ3v) is 3.36. The summed E-state index contributed by atoms with van der Waals surface area (Å²) in [7, 11) is 0. The summed E-state index contributed by atoms with van der Waals surface area (Å²) in [5, 5.41) is 14.5. The van der Waals surface area contributed by atoms with Crippen LogP contribution in [0, 0.1) is 0 Å². The summed E-state index contributed by atoms with van der Waals surface area (Å²) in [5.74, 6) is -0.427. The third-order valence-electron chi connectivity index (χ3n) is 2.79. The van der Waals surface area contributed by atoms with Gasteiger partial charge in [0, 0.05) is 10.6 Å². The zero-order chi connectivity index (χ0) is 15.4. The van der Waals surface area contributed by atoms with E-state index >= 15 is 0 Å². The Balaban J connectivity index is 2.17. The number of benzene rings is 2. The van der Waals surface area contributed by atoms with Crippen molar-refractivity contribution in [2.24, 2.45) is 5.10 Å². The van der Waals surface area contributed by atoms with Gasteiger partial charge in [0.2, 0.25) is 0 Å². The number of rotatable bonds is 3. The molecule has 0 unspecified atom stereocenters. The zero-order valence-corrected chi connectivity index (χ0v) is 12.6. The third kappa shape index (κ3) is 3.74. The van der Waals surface area contributed by atoms with E-state index in [9.17, 15) is 9.90 Å². The lowest BCUT2D eigenvalue weighted by molar-refractivity contribution is 0.0955. The number of hydrogen-bond acceptors (Lipinski definition) is 3. The van der Waals surface area contributed by atoms with Crippen LogP contribution in [0.25, 0.3) is 0 Å². The van der Waals surface area contributed by atoms with Gasteiger partial charge < -0.3 is 5.11 Å². The minimum atomic E-state index is -0.423. The second-order valence-corrected chi connectivity index (χ2v) is 5.12. The Bertz CT molecular complexity index is 715. The van der Waals surface area contributed by atoms with E-state index in [0.29, 0.717) is 26.9 Å². The van der Waals surface area contributed by atoms with Gasteiger partial charge in [0.15, 0.2) is 0 Å². The molecule has 0 spiro atoms. The molecule has 0 atom stereocenters. The van der Waals surface area contributed by atoms with Gasteiger partial charge in [0.25, 0.3) is 5.91 Å². The van der Waals surface area contributed by atoms with E-state index in [2.05, 4.69) is 10.5 Å². The van der Waals surface area contributed by atoms with Gasteiger partial charge in [-0.15, -0.1) is 0 Å². The number of phenols is 1. The molecular weight excluding hydrogens is 311 g/mol. The van der Waals surface area contributed by atoms with Gasteiger partial charge in [-0.05, 0) is 37.3 Å². The molecule has 0 aliphatic heterocycles. The first kappa shape index (κ1) is 15.4. The second-order valence-electron chi connectivity index (χ2n) is 4.28. The normalized spacial score (nSPS) is 11.3. The van der Waals surface area contributed by atoms with Crippen molar-refractivity contribution >= 4 is 34.8 Å². The van der Waals surface area contributed by atoms with Crippen molar-refractivity contribution in [3.63, 3.8) is 0 Å². The number of nitrogens with zero attached hydrogens (tertiary/aromatic N) is 1. The van der Waals surface area contributed by atoms with Crippen LogP contribution in [0.1, 0.15) is 22.8 Å². The summed E-state index contributed by atoms with van der Waals surface area (Å²) in [4.78, 5) is 12.0. The van der Waals surface area contributed by atoms with Gasteiger partial charge in [-0.2, -0.15) is 5.10 Å². The minimum Gasteiger partial charge on any atom is -0.507 e. The highest BCUT2D eigenvalue weighted by molar-refractivity contribution is 6.33. The van der Waals surface area contributed by atoms with Gasteiger partial charge in [0.05, 0.1) is 16.3 Å². The SMILES string of the molecule is C/C(=N\NC(=O)c1ccccc1Cl)c1ccc(Cl)cc1O. The van der Waals surface area contributed by atoms with Crippen LogP contribution in [0.4, 0.5) is 0 Å². The highest BCUT2D eigenvalue weighted by atomic mass is 35.5. The Kier molecular flexibility index (Phi) is 4.83. The fourth-order valence-corrected chi connectivity index (χ4v) is 2.10. The fourth-order valence-electron chi connectivity index (χ4n) is 1.71. The zero-order valence-electron chi connectivity index (χ0n) is 11.1. The number of amides is 1. The summed E-state index contributed by atoms with van der Waals surface area (Å²) < 4.78 is 0. The van der Waals surface area contributed by atoms with Crippen LogP contribution < -0.4 is 5.43 Å². The first-order chi connectivity index (χ1) is 9.99. The number of hydrazone groups is 1. The number of hydrogen-bond donors (Lipinski definition) is 2. The van der Waals surface area contributed by atoms with E-state index in [1.807, 2.05) is 0 Å². The number of carbonyl (C=O) groups excluding carboxylic acids is 1. The number of halogens is 2. The van der Waals surface area contributed by atoms with Crippen molar-refractivity contribution in [3.8, 4) is 5.75 Å². The van der Waals surface area contributed by atoms with Crippen LogP contribution in [-0.2, 0) is 0 Å². The van der Waals surface area contributed by atoms with Crippen molar-refractivity contribution < 1.29 is 9.90 Å². The predicted molar refractivity (Wildman–Crippen MR) is 84.2 cm³/mol. The van der Waals surface area contributed by atoms with Crippen molar-refractivity contribution in [2.75, 3.05) is 0 Å². The smallest absolute Gasteiger partial charge is 0.272 e. The highest BCUT2D eigenvalue weighted by Gasteiger charge is 2.10. The summed E-state index contributed by atoms with van der Waals surface area (Å²) in [6.45, 7) is 1.66. The first-order valence-electron chi connectivity index (χ1n) is 6.07. The molecular formula is C15H12Cl2N2O2. The Morgan fingerprint density at radius 2 is 1.86 bits per heavy atom. The van der Waals surface area contributed by atoms with Crippen molar-refractivity contribution in [1.29, 1.82) is 0 Å². The molecule has 2 rings (SSSR count). The lowest BCUT2D eigenvalue weighted by Gasteiger charge is -2.06. The van der Waals surface area contributed by atoms with Gasteiger partial charge in [-0.1, -0.05) is 35.3 Å². The highest BCUT2D eigenvalue weighted by Crippen LogP contribution is 2.22. The van der Waals surface area contributed by atoms with Crippen LogP contribution >= 0.6 is 23.2 Å². The summed E-state index contributed by atoms with van der Waals surface area (Å²) in [6, 6.07) is 11.3. The van der Waals surface area contributed by atoms with E-state index in [1.54, 1.807) is 43.3 Å². The van der Waals surface area contributed by atoms with E-state index < -0.39 is 5.91 Å². The van der Waals surface area contributed by atoms with Crippen molar-refractivity contribution in [3.05, 3.63) is 63.6 Å². The maximum absolute atomic E-state index is 12.0. The maximum atomic E-state index is 12.0. The van der Waals surface area contributed by atoms with Gasteiger partial charge >= 0.3 is 0 Å². The van der Waals surface area contributed by atoms with E-state index in [-0.39, 0.29) is 5.75 Å². The fraction of sp³-hybridized carbons (Fsp3) is 0.0667. The summed E-state index contributed by atoms with van der Waals surface area (Å²) in [6.07, 6.45) is 0. The Hall–Kier alpha value is -2.04.